The van der Waals surface area contributed by atoms with Crippen LogP contribution in [0.15, 0.2) is 24.4 Å². The zero-order valence-electron chi connectivity index (χ0n) is 8.44. The topological polar surface area (TPSA) is 82.2 Å². The Morgan fingerprint density at radius 1 is 1.38 bits per heavy atom. The molecule has 0 aliphatic rings. The summed E-state index contributed by atoms with van der Waals surface area (Å²) in [6.07, 6.45) is 1.35. The molecule has 82 valence electrons. The minimum Gasteiger partial charge on any atom is -0.541 e. The quantitative estimate of drug-likeness (QED) is 0.585. The number of carboxylic acid groups (broad SMARTS) is 1. The molecule has 1 N–H and O–H groups in total. The molecule has 0 saturated carbocycles. The fourth-order valence-corrected chi connectivity index (χ4v) is 1.53. The number of carbonyl (C=O) groups is 2. The molecule has 0 aliphatic carbocycles. The molecule has 1 aromatic heterocycles. The fraction of sp³-hybridized carbons (Fsp3) is 0.0909. The Kier molecular flexibility index (Phi) is 2.36. The lowest BCUT2D eigenvalue weighted by Crippen LogP contribution is -2.31. The van der Waals surface area contributed by atoms with Crippen molar-refractivity contribution in [3.05, 3.63) is 30.0 Å². The normalized spacial score (nSPS) is 10.3. The molecular formula is C11H8NO4-. The number of hydrogen-bond donors (Lipinski definition) is 1. The molecular weight excluding hydrogens is 210 g/mol. The monoisotopic (exact) mass is 218 g/mol. The van der Waals surface area contributed by atoms with Crippen LogP contribution in [0.4, 0.5) is 0 Å². The van der Waals surface area contributed by atoms with Crippen molar-refractivity contribution in [2.45, 2.75) is 0 Å². The van der Waals surface area contributed by atoms with Gasteiger partial charge in [-0.2, -0.15) is 0 Å². The highest BCUT2D eigenvalue weighted by atomic mass is 16.5. The second-order valence-corrected chi connectivity index (χ2v) is 3.23. The number of ether oxygens (including phenoxy) is 1. The second kappa shape index (κ2) is 3.69. The average molecular weight is 218 g/mol. The number of fused-ring (bicyclic) bond motifs is 1. The first-order chi connectivity index (χ1) is 7.63. The third-order valence-corrected chi connectivity index (χ3v) is 2.32. The average Bonchev–Trinajstić information content (AvgIpc) is 2.70. The van der Waals surface area contributed by atoms with Crippen molar-refractivity contribution in [1.29, 1.82) is 0 Å². The number of ketones is 1. The van der Waals surface area contributed by atoms with Crippen LogP contribution >= 0.6 is 0 Å². The third-order valence-electron chi connectivity index (χ3n) is 2.32. The van der Waals surface area contributed by atoms with E-state index in [9.17, 15) is 14.7 Å². The van der Waals surface area contributed by atoms with Crippen LogP contribution in [0.5, 0.6) is 5.75 Å². The van der Waals surface area contributed by atoms with E-state index in [1.54, 1.807) is 18.2 Å². The minimum absolute atomic E-state index is 0.0950. The molecule has 2 aromatic rings. The molecule has 0 radical (unpaired) electrons. The first-order valence-electron chi connectivity index (χ1n) is 4.54. The zero-order valence-corrected chi connectivity index (χ0v) is 8.44. The smallest absolute Gasteiger partial charge is 0.210 e. The highest BCUT2D eigenvalue weighted by molar-refractivity contribution is 6.41. The molecule has 0 fully saturated rings. The van der Waals surface area contributed by atoms with Crippen LogP contribution in [0, 0.1) is 0 Å². The van der Waals surface area contributed by atoms with Gasteiger partial charge in [0.25, 0.3) is 0 Å². The molecule has 0 bridgehead atoms. The largest absolute Gasteiger partial charge is 0.541 e. The Hall–Kier alpha value is -2.30. The van der Waals surface area contributed by atoms with E-state index in [0.717, 1.165) is 0 Å². The van der Waals surface area contributed by atoms with Crippen molar-refractivity contribution < 1.29 is 19.4 Å². The number of nitrogens with one attached hydrogen (secondary N) is 1. The summed E-state index contributed by atoms with van der Waals surface area (Å²) in [6, 6.07) is 4.96. The molecule has 5 nitrogen and oxygen atoms in total. The Labute approximate surface area is 90.6 Å². The highest BCUT2D eigenvalue weighted by Gasteiger charge is 2.12. The number of carboxylic acids is 1. The van der Waals surface area contributed by atoms with E-state index in [2.05, 4.69) is 4.98 Å². The van der Waals surface area contributed by atoms with Crippen LogP contribution in [0.1, 0.15) is 10.4 Å². The van der Waals surface area contributed by atoms with Gasteiger partial charge in [0.2, 0.25) is 5.78 Å². The maximum absolute atomic E-state index is 11.3. The minimum atomic E-state index is -1.71. The van der Waals surface area contributed by atoms with Crippen LogP contribution in [0.25, 0.3) is 10.9 Å². The number of aromatic amines is 1. The highest BCUT2D eigenvalue weighted by Crippen LogP contribution is 2.23. The lowest BCUT2D eigenvalue weighted by atomic mass is 10.1. The van der Waals surface area contributed by atoms with E-state index in [-0.39, 0.29) is 5.56 Å². The van der Waals surface area contributed by atoms with E-state index in [4.69, 9.17) is 4.74 Å². The summed E-state index contributed by atoms with van der Waals surface area (Å²) in [4.78, 5) is 24.5. The van der Waals surface area contributed by atoms with E-state index in [0.29, 0.717) is 16.7 Å². The molecule has 2 rings (SSSR count). The molecule has 1 heterocycles. The Morgan fingerprint density at radius 3 is 2.75 bits per heavy atom. The molecule has 1 aromatic carbocycles. The van der Waals surface area contributed by atoms with Gasteiger partial charge in [0, 0.05) is 28.7 Å². The Balaban J connectivity index is 2.58. The number of methoxy groups -OCH3 is 1. The standard InChI is InChI=1S/C11H9NO4/c1-16-6-2-3-7-8(10(13)11(14)15)5-12-9(7)4-6/h2-5,12H,1H3,(H,14,15)/p-1. The Bertz CT molecular complexity index is 570. The maximum atomic E-state index is 11.3. The van der Waals surface area contributed by atoms with Gasteiger partial charge in [0.05, 0.1) is 7.11 Å². The summed E-state index contributed by atoms with van der Waals surface area (Å²) in [6.45, 7) is 0. The third kappa shape index (κ3) is 1.52. The van der Waals surface area contributed by atoms with Crippen molar-refractivity contribution in [2.24, 2.45) is 0 Å². The zero-order chi connectivity index (χ0) is 11.7. The van der Waals surface area contributed by atoms with Crippen molar-refractivity contribution in [1.82, 2.24) is 4.98 Å². The van der Waals surface area contributed by atoms with Crippen LogP contribution in [-0.4, -0.2) is 23.8 Å². The van der Waals surface area contributed by atoms with E-state index >= 15 is 0 Å². The van der Waals surface area contributed by atoms with E-state index in [1.165, 1.54) is 13.3 Å². The van der Waals surface area contributed by atoms with Gasteiger partial charge in [-0.3, -0.25) is 4.79 Å². The fourth-order valence-electron chi connectivity index (χ4n) is 1.53. The maximum Gasteiger partial charge on any atom is 0.210 e. The van der Waals surface area contributed by atoms with Crippen molar-refractivity contribution in [3.63, 3.8) is 0 Å². The van der Waals surface area contributed by atoms with Gasteiger partial charge in [0.15, 0.2) is 0 Å². The predicted molar refractivity (Wildman–Crippen MR) is 54.2 cm³/mol. The molecule has 0 atom stereocenters. The number of hydrogen-bond acceptors (Lipinski definition) is 4. The van der Waals surface area contributed by atoms with Gasteiger partial charge in [0.1, 0.15) is 11.7 Å². The lowest BCUT2D eigenvalue weighted by molar-refractivity contribution is -0.296. The van der Waals surface area contributed by atoms with Crippen molar-refractivity contribution in [2.75, 3.05) is 7.11 Å². The number of Topliss-reactive ketones (excluding diaryl/α,β-unsaturated/α-hetero) is 1. The van der Waals surface area contributed by atoms with Gasteiger partial charge >= 0.3 is 0 Å². The van der Waals surface area contributed by atoms with Gasteiger partial charge < -0.3 is 19.6 Å². The summed E-state index contributed by atoms with van der Waals surface area (Å²) in [5, 5.41) is 11.0. The summed E-state index contributed by atoms with van der Waals surface area (Å²) >= 11 is 0. The van der Waals surface area contributed by atoms with E-state index < -0.39 is 11.8 Å². The molecule has 0 amide bonds. The number of benzene rings is 1. The second-order valence-electron chi connectivity index (χ2n) is 3.23. The summed E-state index contributed by atoms with van der Waals surface area (Å²) in [5.41, 5.74) is 0.738. The number of H-pyrrole nitrogens is 1. The number of aromatic nitrogens is 1. The van der Waals surface area contributed by atoms with Crippen molar-refractivity contribution >= 4 is 22.7 Å². The van der Waals surface area contributed by atoms with Crippen molar-refractivity contribution in [3.8, 4) is 5.75 Å². The molecule has 0 aliphatic heterocycles. The van der Waals surface area contributed by atoms with Crippen LogP contribution in [0.2, 0.25) is 0 Å². The van der Waals surface area contributed by atoms with Gasteiger partial charge in [-0.05, 0) is 12.1 Å². The van der Waals surface area contributed by atoms with Gasteiger partial charge in [-0.25, -0.2) is 0 Å². The molecule has 0 spiro atoms. The number of rotatable bonds is 3. The first-order valence-corrected chi connectivity index (χ1v) is 4.54. The van der Waals surface area contributed by atoms with E-state index in [1.807, 2.05) is 0 Å². The summed E-state index contributed by atoms with van der Waals surface area (Å²) < 4.78 is 5.01. The predicted octanol–water partition coefficient (Wildman–Crippen LogP) is 0.109. The van der Waals surface area contributed by atoms with Crippen LogP contribution < -0.4 is 9.84 Å². The van der Waals surface area contributed by atoms with Crippen LogP contribution in [0.3, 0.4) is 0 Å². The molecule has 5 heteroatoms. The van der Waals surface area contributed by atoms with Gasteiger partial charge in [-0.15, -0.1) is 0 Å². The summed E-state index contributed by atoms with van der Waals surface area (Å²) in [5.74, 6) is -2.12. The molecule has 16 heavy (non-hydrogen) atoms. The SMILES string of the molecule is COc1ccc2c(C(=O)C(=O)[O-])c[nH]c2c1. The summed E-state index contributed by atoms with van der Waals surface area (Å²) in [7, 11) is 1.53. The number of carbonyl (C=O) groups excluding carboxylic acids is 2. The molecule has 0 unspecified atom stereocenters. The first kappa shape index (κ1) is 10.2. The number of aliphatic carboxylic acids is 1. The van der Waals surface area contributed by atoms with Gasteiger partial charge in [-0.1, -0.05) is 0 Å². The van der Waals surface area contributed by atoms with Crippen LogP contribution in [-0.2, 0) is 4.79 Å². The lowest BCUT2D eigenvalue weighted by Gasteiger charge is -2.01. The Morgan fingerprint density at radius 2 is 2.12 bits per heavy atom. The molecule has 0 saturated heterocycles.